The molecule has 4 rings (SSSR count). The van der Waals surface area contributed by atoms with Crippen molar-refractivity contribution in [2.75, 3.05) is 6.54 Å². The second kappa shape index (κ2) is 8.14. The van der Waals surface area contributed by atoms with Crippen LogP contribution in [0.1, 0.15) is 49.1 Å². The summed E-state index contributed by atoms with van der Waals surface area (Å²) in [6, 6.07) is 17.9. The van der Waals surface area contributed by atoms with Crippen molar-refractivity contribution in [2.24, 2.45) is 0 Å². The molecule has 0 radical (unpaired) electrons. The van der Waals surface area contributed by atoms with Gasteiger partial charge in [-0.2, -0.15) is 4.98 Å². The predicted octanol–water partition coefficient (Wildman–Crippen LogP) is 4.88. The molecule has 1 amide bonds. The monoisotopic (exact) mass is 402 g/mol. The summed E-state index contributed by atoms with van der Waals surface area (Å²) in [4.78, 5) is 20.1. The Bertz CT molecular complexity index is 1150. The maximum Gasteiger partial charge on any atom is 0.267 e. The number of hydrogen-bond donors (Lipinski definition) is 2. The molecule has 154 valence electrons. The van der Waals surface area contributed by atoms with Gasteiger partial charge in [-0.05, 0) is 35.6 Å². The van der Waals surface area contributed by atoms with Gasteiger partial charge in [-0.15, -0.1) is 0 Å². The molecule has 0 aliphatic rings. The lowest BCUT2D eigenvalue weighted by Crippen LogP contribution is -2.25. The zero-order chi connectivity index (χ0) is 21.1. The van der Waals surface area contributed by atoms with E-state index in [-0.39, 0.29) is 11.3 Å². The standard InChI is InChI=1S/C24H26N4O2/c1-24(2,3)18-11-12-19-17(14-18)15-20(26-19)23(29)25-13-7-10-21-27-22(28-30-21)16-8-5-4-6-9-16/h4-6,8-9,11-12,14-15,26H,7,10,13H2,1-3H3,(H,25,29). The van der Waals surface area contributed by atoms with Crippen molar-refractivity contribution in [3.05, 3.63) is 71.7 Å². The van der Waals surface area contributed by atoms with Gasteiger partial charge >= 0.3 is 0 Å². The van der Waals surface area contributed by atoms with E-state index in [9.17, 15) is 4.79 Å². The fourth-order valence-electron chi connectivity index (χ4n) is 3.32. The first-order valence-electron chi connectivity index (χ1n) is 10.2. The number of hydrogen-bond acceptors (Lipinski definition) is 4. The number of aromatic amines is 1. The van der Waals surface area contributed by atoms with Crippen LogP contribution in [0.2, 0.25) is 0 Å². The van der Waals surface area contributed by atoms with Crippen molar-refractivity contribution in [2.45, 2.75) is 39.0 Å². The summed E-state index contributed by atoms with van der Waals surface area (Å²) in [6.45, 7) is 7.08. The minimum Gasteiger partial charge on any atom is -0.351 e. The molecule has 0 fully saturated rings. The van der Waals surface area contributed by atoms with Gasteiger partial charge in [-0.25, -0.2) is 0 Å². The smallest absolute Gasteiger partial charge is 0.267 e. The van der Waals surface area contributed by atoms with E-state index in [1.807, 2.05) is 42.5 Å². The number of benzene rings is 2. The number of amides is 1. The highest BCUT2D eigenvalue weighted by Gasteiger charge is 2.16. The lowest BCUT2D eigenvalue weighted by molar-refractivity contribution is 0.0948. The molecule has 0 aliphatic heterocycles. The van der Waals surface area contributed by atoms with Gasteiger partial charge in [0.1, 0.15) is 5.69 Å². The van der Waals surface area contributed by atoms with Crippen LogP contribution in [0.3, 0.4) is 0 Å². The number of H-pyrrole nitrogens is 1. The van der Waals surface area contributed by atoms with Gasteiger partial charge in [0.05, 0.1) is 0 Å². The van der Waals surface area contributed by atoms with Crippen molar-refractivity contribution < 1.29 is 9.32 Å². The maximum atomic E-state index is 12.5. The Hall–Kier alpha value is -3.41. The maximum absolute atomic E-state index is 12.5. The van der Waals surface area contributed by atoms with Crippen LogP contribution in [-0.4, -0.2) is 27.6 Å². The molecule has 0 atom stereocenters. The molecule has 0 spiro atoms. The second-order valence-electron chi connectivity index (χ2n) is 8.47. The van der Waals surface area contributed by atoms with Gasteiger partial charge in [0.25, 0.3) is 5.91 Å². The van der Waals surface area contributed by atoms with E-state index in [0.29, 0.717) is 30.4 Å². The van der Waals surface area contributed by atoms with Crippen LogP contribution >= 0.6 is 0 Å². The summed E-state index contributed by atoms with van der Waals surface area (Å²) in [5, 5.41) is 8.02. The van der Waals surface area contributed by atoms with Gasteiger partial charge in [0.2, 0.25) is 11.7 Å². The third-order valence-electron chi connectivity index (χ3n) is 5.08. The molecule has 2 heterocycles. The topological polar surface area (TPSA) is 83.8 Å². The molecular weight excluding hydrogens is 376 g/mol. The van der Waals surface area contributed by atoms with Crippen LogP contribution < -0.4 is 5.32 Å². The molecule has 2 aromatic heterocycles. The van der Waals surface area contributed by atoms with Crippen LogP contribution in [0, 0.1) is 0 Å². The highest BCUT2D eigenvalue weighted by molar-refractivity contribution is 5.98. The van der Waals surface area contributed by atoms with Crippen LogP contribution in [-0.2, 0) is 11.8 Å². The van der Waals surface area contributed by atoms with E-state index in [1.54, 1.807) is 0 Å². The number of aryl methyl sites for hydroxylation is 1. The van der Waals surface area contributed by atoms with Crippen molar-refractivity contribution in [3.63, 3.8) is 0 Å². The Balaban J connectivity index is 1.31. The number of rotatable bonds is 6. The fraction of sp³-hybridized carbons (Fsp3) is 0.292. The Morgan fingerprint density at radius 1 is 1.10 bits per heavy atom. The van der Waals surface area contributed by atoms with E-state index in [2.05, 4.69) is 53.3 Å². The molecule has 30 heavy (non-hydrogen) atoms. The Morgan fingerprint density at radius 3 is 2.67 bits per heavy atom. The van der Waals surface area contributed by atoms with Gasteiger partial charge in [-0.3, -0.25) is 4.79 Å². The summed E-state index contributed by atoms with van der Waals surface area (Å²) < 4.78 is 5.31. The van der Waals surface area contributed by atoms with Gasteiger partial charge in [0, 0.05) is 29.4 Å². The normalized spacial score (nSPS) is 11.7. The molecule has 0 bridgehead atoms. The zero-order valence-electron chi connectivity index (χ0n) is 17.5. The second-order valence-corrected chi connectivity index (χ2v) is 8.47. The quantitative estimate of drug-likeness (QED) is 0.450. The van der Waals surface area contributed by atoms with E-state index >= 15 is 0 Å². The lowest BCUT2D eigenvalue weighted by Gasteiger charge is -2.18. The molecule has 0 aliphatic carbocycles. The van der Waals surface area contributed by atoms with Crippen molar-refractivity contribution in [3.8, 4) is 11.4 Å². The summed E-state index contributed by atoms with van der Waals surface area (Å²) in [7, 11) is 0. The van der Waals surface area contributed by atoms with Crippen LogP contribution in [0.25, 0.3) is 22.3 Å². The summed E-state index contributed by atoms with van der Waals surface area (Å²) in [5.41, 5.74) is 3.78. The molecule has 0 unspecified atom stereocenters. The van der Waals surface area contributed by atoms with Crippen LogP contribution in [0.5, 0.6) is 0 Å². The number of fused-ring (bicyclic) bond motifs is 1. The van der Waals surface area contributed by atoms with Crippen LogP contribution in [0.15, 0.2) is 59.1 Å². The number of aromatic nitrogens is 3. The third kappa shape index (κ3) is 4.43. The SMILES string of the molecule is CC(C)(C)c1ccc2[nH]c(C(=O)NCCCc3nc(-c4ccccc4)no3)cc2c1. The van der Waals surface area contributed by atoms with Gasteiger partial charge in [-0.1, -0.05) is 62.3 Å². The lowest BCUT2D eigenvalue weighted by atomic mass is 9.86. The molecule has 6 nitrogen and oxygen atoms in total. The highest BCUT2D eigenvalue weighted by atomic mass is 16.5. The largest absolute Gasteiger partial charge is 0.351 e. The van der Waals surface area contributed by atoms with Crippen LogP contribution in [0.4, 0.5) is 0 Å². The van der Waals surface area contributed by atoms with E-state index in [0.717, 1.165) is 22.9 Å². The van der Waals surface area contributed by atoms with Gasteiger partial charge < -0.3 is 14.8 Å². The Labute approximate surface area is 175 Å². The molecule has 2 aromatic carbocycles. The van der Waals surface area contributed by atoms with Crippen molar-refractivity contribution >= 4 is 16.8 Å². The minimum absolute atomic E-state index is 0.0724. The first kappa shape index (κ1) is 19.9. The van der Waals surface area contributed by atoms with Crippen molar-refractivity contribution in [1.82, 2.24) is 20.4 Å². The van der Waals surface area contributed by atoms with Crippen molar-refractivity contribution in [1.29, 1.82) is 0 Å². The highest BCUT2D eigenvalue weighted by Crippen LogP contribution is 2.26. The number of carbonyl (C=O) groups excluding carboxylic acids is 1. The molecule has 6 heteroatoms. The molecular formula is C24H26N4O2. The zero-order valence-corrected chi connectivity index (χ0v) is 17.5. The summed E-state index contributed by atoms with van der Waals surface area (Å²) in [5.74, 6) is 1.05. The molecule has 2 N–H and O–H groups in total. The Kier molecular flexibility index (Phi) is 5.40. The first-order valence-corrected chi connectivity index (χ1v) is 10.2. The number of nitrogens with one attached hydrogen (secondary N) is 2. The van der Waals surface area contributed by atoms with E-state index in [4.69, 9.17) is 4.52 Å². The average Bonchev–Trinajstić information content (AvgIpc) is 3.37. The minimum atomic E-state index is -0.112. The predicted molar refractivity (Wildman–Crippen MR) is 117 cm³/mol. The van der Waals surface area contributed by atoms with Gasteiger partial charge in [0.15, 0.2) is 0 Å². The fourth-order valence-corrected chi connectivity index (χ4v) is 3.32. The van der Waals surface area contributed by atoms with E-state index < -0.39 is 0 Å². The van der Waals surface area contributed by atoms with E-state index in [1.165, 1.54) is 5.56 Å². The number of nitrogens with zero attached hydrogens (tertiary/aromatic N) is 2. The number of carbonyl (C=O) groups is 1. The first-order chi connectivity index (χ1) is 14.4. The average molecular weight is 402 g/mol. The molecule has 0 saturated carbocycles. The summed E-state index contributed by atoms with van der Waals surface area (Å²) in [6.07, 6.45) is 1.33. The Morgan fingerprint density at radius 2 is 1.90 bits per heavy atom. The third-order valence-corrected chi connectivity index (χ3v) is 5.08. The molecule has 4 aromatic rings. The summed E-state index contributed by atoms with van der Waals surface area (Å²) >= 11 is 0. The molecule has 0 saturated heterocycles.